The smallest absolute Gasteiger partial charge is 0.330 e. The lowest BCUT2D eigenvalue weighted by molar-refractivity contribution is 0.00357. The summed E-state index contributed by atoms with van der Waals surface area (Å²) in [6.45, 7) is 3.63. The van der Waals surface area contributed by atoms with Crippen LogP contribution in [0.2, 0.25) is 0 Å². The van der Waals surface area contributed by atoms with Crippen molar-refractivity contribution in [1.82, 2.24) is 9.80 Å². The van der Waals surface area contributed by atoms with E-state index in [2.05, 4.69) is 10.3 Å². The van der Waals surface area contributed by atoms with Crippen molar-refractivity contribution in [3.63, 3.8) is 0 Å². The van der Waals surface area contributed by atoms with Crippen LogP contribution in [0.5, 0.6) is 0 Å². The van der Waals surface area contributed by atoms with E-state index in [-0.39, 0.29) is 24.4 Å². The highest BCUT2D eigenvalue weighted by atomic mass is 19.1. The molecule has 0 bridgehead atoms. The first-order valence-electron chi connectivity index (χ1n) is 8.48. The summed E-state index contributed by atoms with van der Waals surface area (Å²) in [7, 11) is 0. The summed E-state index contributed by atoms with van der Waals surface area (Å²) in [6.07, 6.45) is -1.36. The van der Waals surface area contributed by atoms with E-state index in [0.717, 1.165) is 0 Å². The van der Waals surface area contributed by atoms with Crippen LogP contribution in [0.25, 0.3) is 0 Å². The number of aliphatic hydroxyl groups excluding tert-OH is 1. The SMILES string of the molecule is CC(C)N1C(=O)N(Cc2ccc(F)cc2)C(Nc2cccc(F)c2)=NC1O. The van der Waals surface area contributed by atoms with Gasteiger partial charge in [-0.2, -0.15) is 4.99 Å². The van der Waals surface area contributed by atoms with E-state index in [1.165, 1.54) is 40.1 Å². The molecule has 0 saturated heterocycles. The van der Waals surface area contributed by atoms with Gasteiger partial charge >= 0.3 is 6.03 Å². The molecular weight excluding hydrogens is 354 g/mol. The van der Waals surface area contributed by atoms with Crippen molar-refractivity contribution in [2.45, 2.75) is 32.8 Å². The Morgan fingerprint density at radius 2 is 1.85 bits per heavy atom. The summed E-state index contributed by atoms with van der Waals surface area (Å²) < 4.78 is 26.6. The normalized spacial score (nSPS) is 17.3. The van der Waals surface area contributed by atoms with Gasteiger partial charge in [-0.05, 0) is 49.7 Å². The van der Waals surface area contributed by atoms with Crippen molar-refractivity contribution < 1.29 is 18.7 Å². The van der Waals surface area contributed by atoms with Crippen molar-refractivity contribution in [3.8, 4) is 0 Å². The van der Waals surface area contributed by atoms with Crippen LogP contribution in [-0.4, -0.2) is 39.3 Å². The number of aliphatic hydroxyl groups is 1. The Bertz CT molecular complexity index is 855. The number of carbonyl (C=O) groups is 1. The van der Waals surface area contributed by atoms with Gasteiger partial charge in [0.25, 0.3) is 0 Å². The maximum Gasteiger partial charge on any atom is 0.330 e. The number of halogens is 2. The molecule has 0 spiro atoms. The Hall–Kier alpha value is -3.00. The van der Waals surface area contributed by atoms with Gasteiger partial charge in [-0.3, -0.25) is 9.80 Å². The average molecular weight is 374 g/mol. The molecule has 1 heterocycles. The molecule has 1 unspecified atom stereocenters. The highest BCUT2D eigenvalue weighted by Gasteiger charge is 2.36. The molecule has 8 heteroatoms. The lowest BCUT2D eigenvalue weighted by Gasteiger charge is -2.39. The molecule has 0 aliphatic carbocycles. The first-order valence-corrected chi connectivity index (χ1v) is 8.48. The van der Waals surface area contributed by atoms with Crippen LogP contribution in [0.4, 0.5) is 19.3 Å². The third-order valence-corrected chi connectivity index (χ3v) is 4.09. The summed E-state index contributed by atoms with van der Waals surface area (Å²) in [5.74, 6) is -0.744. The van der Waals surface area contributed by atoms with Gasteiger partial charge in [-0.1, -0.05) is 18.2 Å². The van der Waals surface area contributed by atoms with Gasteiger partial charge in [0.2, 0.25) is 12.3 Å². The van der Waals surface area contributed by atoms with Crippen molar-refractivity contribution in [1.29, 1.82) is 0 Å². The summed E-state index contributed by atoms with van der Waals surface area (Å²) in [6, 6.07) is 10.7. The van der Waals surface area contributed by atoms with Crippen LogP contribution in [-0.2, 0) is 6.54 Å². The largest absolute Gasteiger partial charge is 0.355 e. The summed E-state index contributed by atoms with van der Waals surface area (Å²) in [4.78, 5) is 19.6. The number of anilines is 1. The fourth-order valence-electron chi connectivity index (χ4n) is 2.77. The number of carbonyl (C=O) groups excluding carboxylic acids is 1. The minimum Gasteiger partial charge on any atom is -0.355 e. The molecule has 3 rings (SSSR count). The summed E-state index contributed by atoms with van der Waals surface area (Å²) >= 11 is 0. The first-order chi connectivity index (χ1) is 12.8. The number of hydrogen-bond donors (Lipinski definition) is 2. The molecule has 0 fully saturated rings. The van der Waals surface area contributed by atoms with Crippen molar-refractivity contribution in [2.24, 2.45) is 4.99 Å². The number of aliphatic imine (C=N–C) groups is 1. The van der Waals surface area contributed by atoms with Gasteiger partial charge in [-0.25, -0.2) is 13.6 Å². The maximum atomic E-state index is 13.5. The summed E-state index contributed by atoms with van der Waals surface area (Å²) in [5.41, 5.74) is 1.06. The van der Waals surface area contributed by atoms with E-state index in [0.29, 0.717) is 11.3 Å². The van der Waals surface area contributed by atoms with Crippen LogP contribution in [0.1, 0.15) is 19.4 Å². The number of nitrogens with one attached hydrogen (secondary N) is 1. The predicted molar refractivity (Wildman–Crippen MR) is 97.8 cm³/mol. The predicted octanol–water partition coefficient (Wildman–Crippen LogP) is 3.35. The molecule has 6 nitrogen and oxygen atoms in total. The molecule has 27 heavy (non-hydrogen) atoms. The number of hydrogen-bond acceptors (Lipinski definition) is 4. The molecule has 142 valence electrons. The van der Waals surface area contributed by atoms with E-state index in [1.807, 2.05) is 0 Å². The quantitative estimate of drug-likeness (QED) is 0.862. The van der Waals surface area contributed by atoms with Crippen molar-refractivity contribution in [3.05, 3.63) is 65.7 Å². The molecule has 1 atom stereocenters. The van der Waals surface area contributed by atoms with Gasteiger partial charge in [0, 0.05) is 11.7 Å². The molecule has 2 aromatic rings. The minimum absolute atomic E-state index is 0.0827. The fourth-order valence-corrected chi connectivity index (χ4v) is 2.77. The highest BCUT2D eigenvalue weighted by Crippen LogP contribution is 2.20. The van der Waals surface area contributed by atoms with Crippen molar-refractivity contribution in [2.75, 3.05) is 5.32 Å². The van der Waals surface area contributed by atoms with Gasteiger partial charge in [0.15, 0.2) is 0 Å². The van der Waals surface area contributed by atoms with Gasteiger partial charge in [-0.15, -0.1) is 0 Å². The molecule has 1 aliphatic heterocycles. The Balaban J connectivity index is 1.93. The zero-order valence-electron chi connectivity index (χ0n) is 14.9. The highest BCUT2D eigenvalue weighted by molar-refractivity contribution is 6.05. The van der Waals surface area contributed by atoms with E-state index < -0.39 is 18.2 Å². The number of rotatable bonds is 4. The van der Waals surface area contributed by atoms with Crippen LogP contribution >= 0.6 is 0 Å². The zero-order valence-corrected chi connectivity index (χ0v) is 14.9. The molecule has 0 aromatic heterocycles. The Labute approximate surface area is 155 Å². The second kappa shape index (κ2) is 7.71. The standard InChI is InChI=1S/C19H20F2N4O2/c1-12(2)25-18(26)23-17(22-16-5-3-4-15(21)10-16)24(19(25)27)11-13-6-8-14(20)9-7-13/h3-10,12,18,26H,11H2,1-2H3,(H,22,23). The topological polar surface area (TPSA) is 68.2 Å². The molecule has 1 aliphatic rings. The molecule has 2 N–H and O–H groups in total. The minimum atomic E-state index is -1.36. The van der Waals surface area contributed by atoms with Gasteiger partial charge in [0.1, 0.15) is 11.6 Å². The monoisotopic (exact) mass is 374 g/mol. The molecule has 0 saturated carbocycles. The second-order valence-corrected chi connectivity index (χ2v) is 6.43. The van der Waals surface area contributed by atoms with E-state index >= 15 is 0 Å². The van der Waals surface area contributed by atoms with Crippen LogP contribution < -0.4 is 5.32 Å². The third kappa shape index (κ3) is 4.22. The first kappa shape index (κ1) is 18.8. The molecule has 2 amide bonds. The summed E-state index contributed by atoms with van der Waals surface area (Å²) in [5, 5.41) is 13.1. The lowest BCUT2D eigenvalue weighted by atomic mass is 10.2. The van der Waals surface area contributed by atoms with Crippen LogP contribution in [0, 0.1) is 11.6 Å². The van der Waals surface area contributed by atoms with Crippen LogP contribution in [0.3, 0.4) is 0 Å². The zero-order chi connectivity index (χ0) is 19.6. The lowest BCUT2D eigenvalue weighted by Crippen LogP contribution is -2.58. The fraction of sp³-hybridized carbons (Fsp3) is 0.263. The van der Waals surface area contributed by atoms with E-state index in [1.54, 1.807) is 32.0 Å². The number of benzene rings is 2. The number of guanidine groups is 1. The van der Waals surface area contributed by atoms with Gasteiger partial charge < -0.3 is 10.4 Å². The molecular formula is C19H20F2N4O2. The Morgan fingerprint density at radius 1 is 1.15 bits per heavy atom. The van der Waals surface area contributed by atoms with E-state index in [4.69, 9.17) is 0 Å². The average Bonchev–Trinajstić information content (AvgIpc) is 2.59. The maximum absolute atomic E-state index is 13.5. The van der Waals surface area contributed by atoms with Crippen LogP contribution in [0.15, 0.2) is 53.5 Å². The number of urea groups is 1. The number of amides is 2. The molecule has 0 radical (unpaired) electrons. The third-order valence-electron chi connectivity index (χ3n) is 4.09. The van der Waals surface area contributed by atoms with Crippen molar-refractivity contribution >= 4 is 17.7 Å². The Kier molecular flexibility index (Phi) is 5.36. The number of nitrogens with zero attached hydrogens (tertiary/aromatic N) is 3. The van der Waals surface area contributed by atoms with E-state index in [9.17, 15) is 18.7 Å². The Morgan fingerprint density at radius 3 is 2.48 bits per heavy atom. The molecule has 2 aromatic carbocycles. The van der Waals surface area contributed by atoms with Gasteiger partial charge in [0.05, 0.1) is 6.54 Å². The second-order valence-electron chi connectivity index (χ2n) is 6.43.